The van der Waals surface area contributed by atoms with Crippen molar-refractivity contribution < 1.29 is 14.3 Å². The van der Waals surface area contributed by atoms with E-state index in [9.17, 15) is 14.9 Å². The van der Waals surface area contributed by atoms with Crippen LogP contribution in [0.2, 0.25) is 0 Å². The van der Waals surface area contributed by atoms with Gasteiger partial charge < -0.3 is 14.5 Å². The Bertz CT molecular complexity index is 1140. The van der Waals surface area contributed by atoms with Gasteiger partial charge in [-0.25, -0.2) is 4.98 Å². The number of methoxy groups -OCH3 is 1. The third kappa shape index (κ3) is 4.47. The number of ether oxygens (including phenoxy) is 2. The second kappa shape index (κ2) is 9.08. The minimum atomic E-state index is -0.505. The van der Waals surface area contributed by atoms with Gasteiger partial charge in [0.25, 0.3) is 5.56 Å². The molecule has 2 aromatic carbocycles. The Morgan fingerprint density at radius 3 is 2.62 bits per heavy atom. The number of hydrogen-bond donors (Lipinski definition) is 1. The number of carbonyl (C=O) groups excluding carboxylic acids is 1. The van der Waals surface area contributed by atoms with Crippen molar-refractivity contribution in [1.82, 2.24) is 9.97 Å². The first-order chi connectivity index (χ1) is 14.1. The fraction of sp³-hybridized carbons (Fsp3) is 0.143. The summed E-state index contributed by atoms with van der Waals surface area (Å²) in [5.41, 5.74) is 0.749. The number of hydrogen-bond acceptors (Lipinski definition) is 7. The van der Waals surface area contributed by atoms with Gasteiger partial charge in [-0.05, 0) is 24.5 Å². The van der Waals surface area contributed by atoms with E-state index in [1.165, 1.54) is 18.9 Å². The number of aromatic nitrogens is 2. The molecule has 0 spiro atoms. The van der Waals surface area contributed by atoms with E-state index in [-0.39, 0.29) is 23.6 Å². The van der Waals surface area contributed by atoms with Crippen LogP contribution in [-0.4, -0.2) is 35.7 Å². The number of Topliss-reactive ketones (excluding diaryl/α,β-unsaturated/α-hetero) is 1. The number of ketones is 1. The summed E-state index contributed by atoms with van der Waals surface area (Å²) in [6.07, 6.45) is 1.77. The molecule has 1 heterocycles. The minimum Gasteiger partial charge on any atom is -0.493 e. The molecule has 8 heteroatoms. The van der Waals surface area contributed by atoms with Crippen molar-refractivity contribution >= 4 is 17.5 Å². The smallest absolute Gasteiger partial charge is 0.270 e. The number of benzene rings is 2. The standard InChI is InChI=1S/C21H17N3O4S/c1-27-18-10-14(19-15(11-22)20(26)24-21(23-19)29-2)8-9-17(18)28-12-16(25)13-6-4-3-5-7-13/h3-10H,12H2,1-2H3,(H,23,24,26). The highest BCUT2D eigenvalue weighted by Gasteiger charge is 2.16. The molecule has 1 aromatic heterocycles. The summed E-state index contributed by atoms with van der Waals surface area (Å²) in [4.78, 5) is 31.3. The van der Waals surface area contributed by atoms with Gasteiger partial charge in [-0.2, -0.15) is 5.26 Å². The Morgan fingerprint density at radius 1 is 1.21 bits per heavy atom. The molecule has 0 atom stereocenters. The number of nitrogens with one attached hydrogen (secondary N) is 1. The van der Waals surface area contributed by atoms with Crippen molar-refractivity contribution in [2.24, 2.45) is 0 Å². The van der Waals surface area contributed by atoms with Crippen molar-refractivity contribution in [2.45, 2.75) is 5.16 Å². The van der Waals surface area contributed by atoms with E-state index in [1.54, 1.807) is 48.7 Å². The molecule has 0 aliphatic rings. The fourth-order valence-electron chi connectivity index (χ4n) is 2.65. The third-order valence-corrected chi connectivity index (χ3v) is 4.67. The molecule has 0 unspecified atom stereocenters. The summed E-state index contributed by atoms with van der Waals surface area (Å²) in [6, 6.07) is 15.6. The molecule has 146 valence electrons. The molecule has 0 bridgehead atoms. The lowest BCUT2D eigenvalue weighted by Crippen LogP contribution is -2.14. The number of thioether (sulfide) groups is 1. The Morgan fingerprint density at radius 2 is 1.97 bits per heavy atom. The summed E-state index contributed by atoms with van der Waals surface area (Å²) in [5, 5.41) is 9.75. The largest absolute Gasteiger partial charge is 0.493 e. The molecule has 0 amide bonds. The molecule has 0 saturated carbocycles. The Labute approximate surface area is 171 Å². The van der Waals surface area contributed by atoms with E-state index in [0.29, 0.717) is 27.8 Å². The fourth-order valence-corrected chi connectivity index (χ4v) is 3.02. The maximum absolute atomic E-state index is 12.2. The molecular formula is C21H17N3O4S. The zero-order valence-corrected chi connectivity index (χ0v) is 16.6. The molecule has 0 aliphatic heterocycles. The van der Waals surface area contributed by atoms with Crippen LogP contribution in [0.1, 0.15) is 15.9 Å². The number of H-pyrrole nitrogens is 1. The highest BCUT2D eigenvalue weighted by molar-refractivity contribution is 7.98. The van der Waals surface area contributed by atoms with Crippen LogP contribution in [0.25, 0.3) is 11.3 Å². The molecule has 0 aliphatic carbocycles. The van der Waals surface area contributed by atoms with Gasteiger partial charge in [0.1, 0.15) is 11.6 Å². The first-order valence-electron chi connectivity index (χ1n) is 8.55. The van der Waals surface area contributed by atoms with Crippen LogP contribution >= 0.6 is 11.8 Å². The van der Waals surface area contributed by atoms with Crippen LogP contribution in [0.15, 0.2) is 58.5 Å². The maximum atomic E-state index is 12.2. The molecule has 0 saturated heterocycles. The summed E-state index contributed by atoms with van der Waals surface area (Å²) in [6.45, 7) is -0.150. The van der Waals surface area contributed by atoms with Gasteiger partial charge in [0.2, 0.25) is 0 Å². The van der Waals surface area contributed by atoms with E-state index in [0.717, 1.165) is 0 Å². The second-order valence-electron chi connectivity index (χ2n) is 5.85. The lowest BCUT2D eigenvalue weighted by molar-refractivity contribution is 0.0919. The molecule has 3 rings (SSSR count). The van der Waals surface area contributed by atoms with E-state index >= 15 is 0 Å². The van der Waals surface area contributed by atoms with Crippen LogP contribution in [0.5, 0.6) is 11.5 Å². The Kier molecular flexibility index (Phi) is 6.32. The van der Waals surface area contributed by atoms with Gasteiger partial charge >= 0.3 is 0 Å². The number of rotatable bonds is 7. The van der Waals surface area contributed by atoms with Crippen LogP contribution in [0, 0.1) is 11.3 Å². The number of aromatic amines is 1. The Hall–Kier alpha value is -3.57. The van der Waals surface area contributed by atoms with Gasteiger partial charge in [-0.3, -0.25) is 9.59 Å². The first-order valence-corrected chi connectivity index (χ1v) is 9.77. The lowest BCUT2D eigenvalue weighted by atomic mass is 10.1. The van der Waals surface area contributed by atoms with Crippen molar-refractivity contribution in [3.63, 3.8) is 0 Å². The van der Waals surface area contributed by atoms with Gasteiger partial charge in [-0.1, -0.05) is 42.1 Å². The minimum absolute atomic E-state index is 0.0854. The second-order valence-corrected chi connectivity index (χ2v) is 6.65. The van der Waals surface area contributed by atoms with Crippen LogP contribution in [0.4, 0.5) is 0 Å². The normalized spacial score (nSPS) is 10.2. The summed E-state index contributed by atoms with van der Waals surface area (Å²) < 4.78 is 11.0. The van der Waals surface area contributed by atoms with Gasteiger partial charge in [0.05, 0.1) is 12.8 Å². The molecule has 1 N–H and O–H groups in total. The van der Waals surface area contributed by atoms with Crippen molar-refractivity contribution in [1.29, 1.82) is 5.26 Å². The predicted octanol–water partition coefficient (Wildman–Crippen LogP) is 3.30. The van der Waals surface area contributed by atoms with Gasteiger partial charge in [0, 0.05) is 11.1 Å². The molecular weight excluding hydrogens is 390 g/mol. The number of carbonyl (C=O) groups is 1. The van der Waals surface area contributed by atoms with Crippen LogP contribution < -0.4 is 15.0 Å². The average molecular weight is 407 g/mol. The van der Waals surface area contributed by atoms with E-state index in [2.05, 4.69) is 9.97 Å². The summed E-state index contributed by atoms with van der Waals surface area (Å²) in [5.74, 6) is 0.568. The zero-order chi connectivity index (χ0) is 20.8. The first kappa shape index (κ1) is 20.2. The molecule has 0 fully saturated rings. The van der Waals surface area contributed by atoms with Crippen molar-refractivity contribution in [2.75, 3.05) is 20.0 Å². The molecule has 7 nitrogen and oxygen atoms in total. The zero-order valence-electron chi connectivity index (χ0n) is 15.8. The van der Waals surface area contributed by atoms with E-state index in [4.69, 9.17) is 9.47 Å². The van der Waals surface area contributed by atoms with Crippen molar-refractivity contribution in [3.05, 3.63) is 70.0 Å². The topological polar surface area (TPSA) is 105 Å². The number of nitrogens with zero attached hydrogens (tertiary/aromatic N) is 2. The number of nitriles is 1. The Balaban J connectivity index is 1.90. The van der Waals surface area contributed by atoms with Crippen LogP contribution in [0.3, 0.4) is 0 Å². The summed E-state index contributed by atoms with van der Waals surface area (Å²) >= 11 is 1.26. The SMILES string of the molecule is COc1cc(-c2nc(SC)[nH]c(=O)c2C#N)ccc1OCC(=O)c1ccccc1. The highest BCUT2D eigenvalue weighted by atomic mass is 32.2. The lowest BCUT2D eigenvalue weighted by Gasteiger charge is -2.12. The van der Waals surface area contributed by atoms with E-state index < -0.39 is 5.56 Å². The quantitative estimate of drug-likeness (QED) is 0.364. The predicted molar refractivity (Wildman–Crippen MR) is 110 cm³/mol. The molecule has 0 radical (unpaired) electrons. The summed E-state index contributed by atoms with van der Waals surface area (Å²) in [7, 11) is 1.47. The average Bonchev–Trinajstić information content (AvgIpc) is 2.77. The van der Waals surface area contributed by atoms with Gasteiger partial charge in [0.15, 0.2) is 29.0 Å². The van der Waals surface area contributed by atoms with Crippen molar-refractivity contribution in [3.8, 4) is 28.8 Å². The highest BCUT2D eigenvalue weighted by Crippen LogP contribution is 2.33. The molecule has 3 aromatic rings. The molecule has 29 heavy (non-hydrogen) atoms. The van der Waals surface area contributed by atoms with Gasteiger partial charge in [-0.15, -0.1) is 0 Å². The monoisotopic (exact) mass is 407 g/mol. The van der Waals surface area contributed by atoms with E-state index in [1.807, 2.05) is 12.1 Å². The van der Waals surface area contributed by atoms with Crippen LogP contribution in [-0.2, 0) is 0 Å². The third-order valence-electron chi connectivity index (χ3n) is 4.09. The maximum Gasteiger partial charge on any atom is 0.270 e.